The van der Waals surface area contributed by atoms with E-state index in [-0.39, 0.29) is 0 Å². The minimum absolute atomic E-state index is 1.30. The molecule has 2 aromatic rings. The molecule has 0 atom stereocenters. The van der Waals surface area contributed by atoms with Gasteiger partial charge < -0.3 is 0 Å². The maximum atomic E-state index is 2.39. The number of hydrogen-bond donors (Lipinski definition) is 0. The SMILES string of the molecule is CCCC[CH2][Mo]([c]1ccc(C)cc1)[c]1cccc(C)c1N(C)C. The zero-order valence-corrected chi connectivity index (χ0v) is 17.2. The molecule has 0 aliphatic heterocycles. The quantitative estimate of drug-likeness (QED) is 0.494. The third-order valence-electron chi connectivity index (χ3n) is 4.17. The van der Waals surface area contributed by atoms with Crippen molar-refractivity contribution in [1.29, 1.82) is 0 Å². The van der Waals surface area contributed by atoms with Gasteiger partial charge in [0.05, 0.1) is 0 Å². The molecular formula is C21H30MoN. The first-order chi connectivity index (χ1) is 11.0. The van der Waals surface area contributed by atoms with Gasteiger partial charge in [-0.25, -0.2) is 0 Å². The van der Waals surface area contributed by atoms with Crippen LogP contribution in [0.5, 0.6) is 0 Å². The first-order valence-electron chi connectivity index (χ1n) is 8.59. The average Bonchev–Trinajstić information content (AvgIpc) is 2.52. The Hall–Kier alpha value is -1.07. The molecule has 1 nitrogen and oxygen atoms in total. The molecule has 2 heteroatoms. The number of unbranched alkanes of at least 4 members (excludes halogenated alkanes) is 2. The second-order valence-electron chi connectivity index (χ2n) is 6.43. The zero-order valence-electron chi connectivity index (χ0n) is 15.2. The summed E-state index contributed by atoms with van der Waals surface area (Å²) in [4.78, 5) is 3.71. The Balaban J connectivity index is 2.45. The molecule has 0 unspecified atom stereocenters. The van der Waals surface area contributed by atoms with Crippen LogP contribution in [-0.4, -0.2) is 14.1 Å². The van der Waals surface area contributed by atoms with Crippen LogP contribution in [-0.2, 0) is 17.3 Å². The third kappa shape index (κ3) is 4.70. The zero-order chi connectivity index (χ0) is 16.8. The fourth-order valence-electron chi connectivity index (χ4n) is 2.96. The third-order valence-corrected chi connectivity index (χ3v) is 10.1. The Morgan fingerprint density at radius 2 is 1.61 bits per heavy atom. The van der Waals surface area contributed by atoms with Crippen molar-refractivity contribution in [1.82, 2.24) is 0 Å². The van der Waals surface area contributed by atoms with E-state index in [0.717, 1.165) is 0 Å². The minimum atomic E-state index is -1.54. The van der Waals surface area contributed by atoms with Gasteiger partial charge in [0.15, 0.2) is 0 Å². The fourth-order valence-corrected chi connectivity index (χ4v) is 9.07. The van der Waals surface area contributed by atoms with E-state index in [9.17, 15) is 0 Å². The molecule has 0 bridgehead atoms. The van der Waals surface area contributed by atoms with Gasteiger partial charge in [-0.2, -0.15) is 0 Å². The first-order valence-corrected chi connectivity index (χ1v) is 12.0. The molecule has 0 saturated heterocycles. The van der Waals surface area contributed by atoms with E-state index < -0.39 is 17.3 Å². The van der Waals surface area contributed by atoms with Crippen molar-refractivity contribution in [2.24, 2.45) is 0 Å². The molecule has 0 aliphatic carbocycles. The van der Waals surface area contributed by atoms with Crippen LogP contribution in [0.4, 0.5) is 5.69 Å². The molecule has 0 aliphatic rings. The van der Waals surface area contributed by atoms with Crippen LogP contribution in [0.25, 0.3) is 0 Å². The Morgan fingerprint density at radius 3 is 2.22 bits per heavy atom. The van der Waals surface area contributed by atoms with E-state index >= 15 is 0 Å². The number of rotatable bonds is 7. The number of nitrogens with zero attached hydrogens (tertiary/aromatic N) is 1. The summed E-state index contributed by atoms with van der Waals surface area (Å²) in [6.45, 7) is 6.72. The van der Waals surface area contributed by atoms with Crippen molar-refractivity contribution in [2.45, 2.75) is 44.8 Å². The van der Waals surface area contributed by atoms with Gasteiger partial charge in [-0.05, 0) is 0 Å². The second kappa shape index (κ2) is 8.69. The molecule has 0 fully saturated rings. The molecule has 2 rings (SSSR count). The molecule has 0 N–H and O–H groups in total. The summed E-state index contributed by atoms with van der Waals surface area (Å²) in [5.41, 5.74) is 4.22. The van der Waals surface area contributed by atoms with Crippen molar-refractivity contribution in [2.75, 3.05) is 19.0 Å². The average molecular weight is 392 g/mol. The van der Waals surface area contributed by atoms with Gasteiger partial charge in [0.2, 0.25) is 0 Å². The Bertz CT molecular complexity index is 616. The van der Waals surface area contributed by atoms with Gasteiger partial charge >= 0.3 is 148 Å². The van der Waals surface area contributed by atoms with Crippen LogP contribution >= 0.6 is 0 Å². The molecule has 0 spiro atoms. The Morgan fingerprint density at radius 1 is 0.913 bits per heavy atom. The maximum absolute atomic E-state index is 2.39. The van der Waals surface area contributed by atoms with E-state index in [1.807, 2.05) is 0 Å². The molecule has 0 saturated carbocycles. The van der Waals surface area contributed by atoms with E-state index in [0.29, 0.717) is 0 Å². The normalized spacial score (nSPS) is 11.0. The van der Waals surface area contributed by atoms with Crippen molar-refractivity contribution in [3.63, 3.8) is 0 Å². The standard InChI is InChI=1S/C9H12N.C7H7.C5H11.Mo/c1-8-6-4-5-7-9(8)10(2)3;1-7-5-3-2-4-6-7;1-3-5-4-2;/h4-6H,1-3H3;3-6H,1H3;1,3-5H2,2H3;. The Kier molecular flexibility index (Phi) is 6.90. The summed E-state index contributed by atoms with van der Waals surface area (Å²) in [5, 5.41) is 0. The van der Waals surface area contributed by atoms with E-state index in [2.05, 4.69) is 82.2 Å². The van der Waals surface area contributed by atoms with Crippen LogP contribution in [0.2, 0.25) is 4.81 Å². The van der Waals surface area contributed by atoms with Crippen LogP contribution in [0.15, 0.2) is 42.5 Å². The molecule has 2 aromatic carbocycles. The molecule has 0 heterocycles. The number of para-hydroxylation sites is 1. The number of benzene rings is 2. The molecule has 0 amide bonds. The monoisotopic (exact) mass is 394 g/mol. The summed E-state index contributed by atoms with van der Waals surface area (Å²) < 4.78 is 3.25. The van der Waals surface area contributed by atoms with Gasteiger partial charge in [0.25, 0.3) is 0 Å². The molecule has 125 valence electrons. The van der Waals surface area contributed by atoms with Crippen LogP contribution in [0, 0.1) is 13.8 Å². The predicted octanol–water partition coefficient (Wildman–Crippen LogP) is 4.55. The Labute approximate surface area is 148 Å². The number of hydrogen-bond acceptors (Lipinski definition) is 1. The van der Waals surface area contributed by atoms with Crippen molar-refractivity contribution in [3.8, 4) is 0 Å². The topological polar surface area (TPSA) is 3.24 Å². The van der Waals surface area contributed by atoms with Crippen molar-refractivity contribution in [3.05, 3.63) is 53.6 Å². The van der Waals surface area contributed by atoms with Crippen molar-refractivity contribution < 1.29 is 17.3 Å². The predicted molar refractivity (Wildman–Crippen MR) is 100 cm³/mol. The number of anilines is 1. The van der Waals surface area contributed by atoms with Crippen LogP contribution in [0.1, 0.15) is 37.3 Å². The summed E-state index contributed by atoms with van der Waals surface area (Å²) in [5.74, 6) is 0. The molecule has 0 radical (unpaired) electrons. The summed E-state index contributed by atoms with van der Waals surface area (Å²) in [7, 11) is 4.37. The van der Waals surface area contributed by atoms with Gasteiger partial charge in [0, 0.05) is 0 Å². The summed E-state index contributed by atoms with van der Waals surface area (Å²) in [6, 6.07) is 16.2. The second-order valence-corrected chi connectivity index (χ2v) is 11.6. The van der Waals surface area contributed by atoms with Gasteiger partial charge in [-0.15, -0.1) is 0 Å². The first kappa shape index (κ1) is 18.3. The summed E-state index contributed by atoms with van der Waals surface area (Å²) >= 11 is -1.54. The molecule has 23 heavy (non-hydrogen) atoms. The molecular weight excluding hydrogens is 362 g/mol. The molecule has 0 aromatic heterocycles. The summed E-state index contributed by atoms with van der Waals surface area (Å²) in [6.07, 6.45) is 4.02. The van der Waals surface area contributed by atoms with Crippen LogP contribution < -0.4 is 12.8 Å². The van der Waals surface area contributed by atoms with Gasteiger partial charge in [-0.1, -0.05) is 0 Å². The van der Waals surface area contributed by atoms with E-state index in [1.165, 1.54) is 40.9 Å². The van der Waals surface area contributed by atoms with Crippen molar-refractivity contribution >= 4 is 13.6 Å². The van der Waals surface area contributed by atoms with E-state index in [4.69, 9.17) is 0 Å². The fraction of sp³-hybridized carbons (Fsp3) is 0.429. The number of aryl methyl sites for hydroxylation is 2. The van der Waals surface area contributed by atoms with Gasteiger partial charge in [-0.3, -0.25) is 0 Å². The van der Waals surface area contributed by atoms with Crippen LogP contribution in [0.3, 0.4) is 0 Å². The van der Waals surface area contributed by atoms with E-state index in [1.54, 1.807) is 7.91 Å². The van der Waals surface area contributed by atoms with Gasteiger partial charge in [0.1, 0.15) is 0 Å².